The molecule has 102 valence electrons. The maximum atomic E-state index is 6.16. The molecule has 5 heteroatoms. The predicted octanol–water partition coefficient (Wildman–Crippen LogP) is 4.67. The van der Waals surface area contributed by atoms with E-state index in [4.69, 9.17) is 11.6 Å². The van der Waals surface area contributed by atoms with Crippen molar-refractivity contribution < 1.29 is 0 Å². The zero-order valence-electron chi connectivity index (χ0n) is 11.2. The Hall–Kier alpha value is -1.00. The Morgan fingerprint density at radius 2 is 2.11 bits per heavy atom. The van der Waals surface area contributed by atoms with Gasteiger partial charge >= 0.3 is 0 Å². The molecular weight excluding hydrogens is 326 g/mol. The number of nitrogens with one attached hydrogen (secondary N) is 1. The monoisotopic (exact) mass is 341 g/mol. The molecule has 1 aromatic carbocycles. The van der Waals surface area contributed by atoms with Crippen molar-refractivity contribution >= 4 is 33.2 Å². The molecule has 0 radical (unpaired) electrons. The third kappa shape index (κ3) is 3.74. The van der Waals surface area contributed by atoms with Crippen LogP contribution in [0.4, 0.5) is 5.69 Å². The van der Waals surface area contributed by atoms with Gasteiger partial charge < -0.3 is 5.32 Å². The average Bonchev–Trinajstić information content (AvgIpc) is 2.76. The quantitative estimate of drug-likeness (QED) is 0.878. The van der Waals surface area contributed by atoms with Crippen LogP contribution in [-0.4, -0.2) is 9.78 Å². The lowest BCUT2D eigenvalue weighted by atomic mass is 10.1. The van der Waals surface area contributed by atoms with E-state index in [1.54, 1.807) is 0 Å². The molecule has 2 rings (SSSR count). The Bertz CT molecular complexity index is 572. The molecule has 1 N–H and O–H groups in total. The van der Waals surface area contributed by atoms with Crippen LogP contribution in [0.25, 0.3) is 0 Å². The van der Waals surface area contributed by atoms with Gasteiger partial charge in [-0.2, -0.15) is 5.10 Å². The largest absolute Gasteiger partial charge is 0.380 e. The van der Waals surface area contributed by atoms with E-state index in [1.165, 1.54) is 0 Å². The molecule has 0 aliphatic heterocycles. The van der Waals surface area contributed by atoms with E-state index in [2.05, 4.69) is 53.3 Å². The summed E-state index contributed by atoms with van der Waals surface area (Å²) in [6.07, 6.45) is 3.94. The molecule has 0 aliphatic carbocycles. The van der Waals surface area contributed by atoms with E-state index in [0.717, 1.165) is 15.7 Å². The number of anilines is 1. The second-order valence-corrected chi connectivity index (χ2v) is 6.76. The van der Waals surface area contributed by atoms with Gasteiger partial charge in [-0.15, -0.1) is 0 Å². The Kier molecular flexibility index (Phi) is 4.21. The zero-order valence-corrected chi connectivity index (χ0v) is 13.6. The Morgan fingerprint density at radius 3 is 2.68 bits per heavy atom. The average molecular weight is 343 g/mol. The van der Waals surface area contributed by atoms with E-state index in [0.29, 0.717) is 11.6 Å². The van der Waals surface area contributed by atoms with Crippen LogP contribution >= 0.6 is 27.5 Å². The Morgan fingerprint density at radius 1 is 1.37 bits per heavy atom. The molecule has 0 unspecified atom stereocenters. The van der Waals surface area contributed by atoms with Gasteiger partial charge in [-0.1, -0.05) is 27.5 Å². The summed E-state index contributed by atoms with van der Waals surface area (Å²) in [5, 5.41) is 8.39. The van der Waals surface area contributed by atoms with Crippen LogP contribution in [0, 0.1) is 0 Å². The van der Waals surface area contributed by atoms with Gasteiger partial charge in [0.05, 0.1) is 22.4 Å². The molecular formula is C14H17BrClN3. The maximum absolute atomic E-state index is 6.16. The van der Waals surface area contributed by atoms with Crippen molar-refractivity contribution in [2.75, 3.05) is 5.32 Å². The lowest BCUT2D eigenvalue weighted by Crippen LogP contribution is -2.21. The van der Waals surface area contributed by atoms with E-state index in [1.807, 2.05) is 29.1 Å². The minimum Gasteiger partial charge on any atom is -0.380 e. The maximum Gasteiger partial charge on any atom is 0.0648 e. The molecule has 3 nitrogen and oxygen atoms in total. The number of rotatable bonds is 3. The van der Waals surface area contributed by atoms with Gasteiger partial charge in [0.25, 0.3) is 0 Å². The van der Waals surface area contributed by atoms with Gasteiger partial charge in [-0.05, 0) is 39.0 Å². The fourth-order valence-electron chi connectivity index (χ4n) is 1.65. The van der Waals surface area contributed by atoms with Crippen LogP contribution in [-0.2, 0) is 12.1 Å². The highest BCUT2D eigenvalue weighted by atomic mass is 79.9. The molecule has 1 heterocycles. The van der Waals surface area contributed by atoms with Gasteiger partial charge in [0, 0.05) is 22.8 Å². The third-order valence-corrected chi connectivity index (χ3v) is 3.54. The van der Waals surface area contributed by atoms with Gasteiger partial charge in [-0.3, -0.25) is 4.68 Å². The number of hydrogen-bond acceptors (Lipinski definition) is 2. The highest BCUT2D eigenvalue weighted by Gasteiger charge is 2.13. The fourth-order valence-corrected chi connectivity index (χ4v) is 2.39. The standard InChI is InChI=1S/C14H17BrClN3/c1-14(2,3)19-9-10(8-18-19)7-17-13-5-4-11(15)6-12(13)16/h4-6,8-9,17H,7H2,1-3H3. The molecule has 0 spiro atoms. The molecule has 0 bridgehead atoms. The SMILES string of the molecule is CC(C)(C)n1cc(CNc2ccc(Br)cc2Cl)cn1. The van der Waals surface area contributed by atoms with Gasteiger partial charge in [0.2, 0.25) is 0 Å². The summed E-state index contributed by atoms with van der Waals surface area (Å²) >= 11 is 9.55. The normalized spacial score (nSPS) is 11.6. The van der Waals surface area contributed by atoms with Gasteiger partial charge in [-0.25, -0.2) is 0 Å². The van der Waals surface area contributed by atoms with Crippen LogP contribution in [0.1, 0.15) is 26.3 Å². The summed E-state index contributed by atoms with van der Waals surface area (Å²) in [7, 11) is 0. The van der Waals surface area contributed by atoms with Crippen LogP contribution in [0.15, 0.2) is 35.1 Å². The zero-order chi connectivity index (χ0) is 14.0. The van der Waals surface area contributed by atoms with E-state index < -0.39 is 0 Å². The molecule has 0 aliphatic rings. The first kappa shape index (κ1) is 14.4. The number of benzene rings is 1. The van der Waals surface area contributed by atoms with Crippen molar-refractivity contribution in [2.24, 2.45) is 0 Å². The van der Waals surface area contributed by atoms with Crippen molar-refractivity contribution in [3.05, 3.63) is 45.7 Å². The van der Waals surface area contributed by atoms with E-state index in [9.17, 15) is 0 Å². The van der Waals surface area contributed by atoms with Crippen molar-refractivity contribution in [1.82, 2.24) is 9.78 Å². The number of halogens is 2. The smallest absolute Gasteiger partial charge is 0.0648 e. The van der Waals surface area contributed by atoms with E-state index in [-0.39, 0.29) is 5.54 Å². The predicted molar refractivity (Wildman–Crippen MR) is 83.7 cm³/mol. The summed E-state index contributed by atoms with van der Waals surface area (Å²) in [5.74, 6) is 0. The van der Waals surface area contributed by atoms with Crippen molar-refractivity contribution in [3.63, 3.8) is 0 Å². The highest BCUT2D eigenvalue weighted by molar-refractivity contribution is 9.10. The summed E-state index contributed by atoms with van der Waals surface area (Å²) in [5.41, 5.74) is 2.07. The number of aromatic nitrogens is 2. The van der Waals surface area contributed by atoms with E-state index >= 15 is 0 Å². The van der Waals surface area contributed by atoms with Crippen LogP contribution in [0.3, 0.4) is 0 Å². The lowest BCUT2D eigenvalue weighted by Gasteiger charge is -2.18. The Balaban J connectivity index is 2.04. The first-order valence-electron chi connectivity index (χ1n) is 6.09. The number of nitrogens with zero attached hydrogens (tertiary/aromatic N) is 2. The summed E-state index contributed by atoms with van der Waals surface area (Å²) in [4.78, 5) is 0. The Labute approximate surface area is 127 Å². The van der Waals surface area contributed by atoms with Gasteiger partial charge in [0.15, 0.2) is 0 Å². The minimum absolute atomic E-state index is 0.00745. The van der Waals surface area contributed by atoms with Crippen LogP contribution < -0.4 is 5.32 Å². The molecule has 1 aromatic heterocycles. The molecule has 19 heavy (non-hydrogen) atoms. The molecule has 2 aromatic rings. The first-order chi connectivity index (χ1) is 8.86. The molecule has 0 amide bonds. The lowest BCUT2D eigenvalue weighted by molar-refractivity contribution is 0.355. The molecule has 0 saturated heterocycles. The highest BCUT2D eigenvalue weighted by Crippen LogP contribution is 2.26. The second kappa shape index (κ2) is 5.55. The van der Waals surface area contributed by atoms with Crippen molar-refractivity contribution in [3.8, 4) is 0 Å². The fraction of sp³-hybridized carbons (Fsp3) is 0.357. The van der Waals surface area contributed by atoms with Crippen LogP contribution in [0.2, 0.25) is 5.02 Å². The van der Waals surface area contributed by atoms with Crippen molar-refractivity contribution in [1.29, 1.82) is 0 Å². The minimum atomic E-state index is 0.00745. The second-order valence-electron chi connectivity index (χ2n) is 5.44. The molecule has 0 saturated carbocycles. The van der Waals surface area contributed by atoms with Crippen LogP contribution in [0.5, 0.6) is 0 Å². The first-order valence-corrected chi connectivity index (χ1v) is 7.26. The molecule has 0 atom stereocenters. The molecule has 0 fully saturated rings. The summed E-state index contributed by atoms with van der Waals surface area (Å²) < 4.78 is 2.94. The number of hydrogen-bond donors (Lipinski definition) is 1. The van der Waals surface area contributed by atoms with Crippen molar-refractivity contribution in [2.45, 2.75) is 32.9 Å². The van der Waals surface area contributed by atoms with Gasteiger partial charge in [0.1, 0.15) is 0 Å². The summed E-state index contributed by atoms with van der Waals surface area (Å²) in [6.45, 7) is 7.09. The third-order valence-electron chi connectivity index (χ3n) is 2.74. The summed E-state index contributed by atoms with van der Waals surface area (Å²) in [6, 6.07) is 5.80. The topological polar surface area (TPSA) is 29.9 Å².